The van der Waals surface area contributed by atoms with E-state index in [1.807, 2.05) is 24.3 Å². The van der Waals surface area contributed by atoms with Crippen molar-refractivity contribution in [1.29, 1.82) is 5.26 Å². The van der Waals surface area contributed by atoms with Gasteiger partial charge in [0.2, 0.25) is 11.8 Å². The van der Waals surface area contributed by atoms with Crippen LogP contribution in [0, 0.1) is 23.2 Å². The lowest BCUT2D eigenvalue weighted by atomic mass is 9.88. The fraction of sp³-hybridized carbons (Fsp3) is 0.442. The van der Waals surface area contributed by atoms with E-state index >= 15 is 0 Å². The lowest BCUT2D eigenvalue weighted by molar-refractivity contribution is -0.136. The van der Waals surface area contributed by atoms with Crippen LogP contribution < -0.4 is 19.9 Å². The molecular weight excluding hydrogens is 794 g/mol. The normalized spacial score (nSPS) is 23.4. The molecule has 1 aliphatic carbocycles. The summed E-state index contributed by atoms with van der Waals surface area (Å²) >= 11 is 6.14. The number of nitrogens with zero attached hydrogens (tertiary/aromatic N) is 6. The number of ether oxygens (including phenoxy) is 1. The molecule has 5 aliphatic rings. The van der Waals surface area contributed by atoms with Crippen LogP contribution in [-0.2, 0) is 19.6 Å². The monoisotopic (exact) mass is 839 g/mol. The van der Waals surface area contributed by atoms with Crippen molar-refractivity contribution in [3.63, 3.8) is 0 Å². The number of amides is 4. The highest BCUT2D eigenvalue weighted by Crippen LogP contribution is 2.33. The number of piperidine rings is 2. The number of nitriles is 1. The molecule has 0 radical (unpaired) electrons. The third kappa shape index (κ3) is 8.85. The third-order valence-electron chi connectivity index (χ3n) is 12.3. The first-order valence-corrected chi connectivity index (χ1v) is 22.1. The Hall–Kier alpha value is -5.30. The summed E-state index contributed by atoms with van der Waals surface area (Å²) in [5, 5.41) is 11.7. The maximum Gasteiger partial charge on any atom is 0.281 e. The maximum absolute atomic E-state index is 13.3. The summed E-state index contributed by atoms with van der Waals surface area (Å²) < 4.78 is 36.3. The number of imide groups is 2. The molecule has 4 aliphatic heterocycles. The van der Waals surface area contributed by atoms with Crippen molar-refractivity contribution in [3.05, 3.63) is 82.4 Å². The van der Waals surface area contributed by atoms with Gasteiger partial charge in [0.1, 0.15) is 17.9 Å². The Labute approximate surface area is 348 Å². The van der Waals surface area contributed by atoms with E-state index in [0.717, 1.165) is 101 Å². The Balaban J connectivity index is 0.766. The standard InChI is InChI=1S/C43H46ClN7O7S/c44-38-24-34(9-3-30(38)25-45)58-33-7-1-28(2-8-33)26-46-59(56,57)35-10-4-31(5-11-35)50-21-19-48(20-22-50)27-29-15-17-49(18-16-29)32-6-12-36-37(23-32)43(55)51(42(36)54)39-13-14-40(52)47-41(39)53/h3-6,9-12,23-24,26,28-29,33,39H,1-2,7-8,13-22,27H2,(H,47,52,53). The molecule has 0 spiro atoms. The molecule has 16 heteroatoms. The molecule has 0 bridgehead atoms. The van der Waals surface area contributed by atoms with Gasteiger partial charge in [-0.2, -0.15) is 18.1 Å². The summed E-state index contributed by atoms with van der Waals surface area (Å²) in [4.78, 5) is 58.7. The van der Waals surface area contributed by atoms with E-state index in [1.54, 1.807) is 48.7 Å². The first-order chi connectivity index (χ1) is 28.4. The molecule has 308 valence electrons. The number of rotatable bonds is 10. The van der Waals surface area contributed by atoms with Gasteiger partial charge in [0, 0.05) is 75.9 Å². The molecule has 4 fully saturated rings. The molecule has 4 amide bonds. The minimum absolute atomic E-state index is 0.00897. The largest absolute Gasteiger partial charge is 0.490 e. The molecule has 14 nitrogen and oxygen atoms in total. The van der Waals surface area contributed by atoms with Crippen molar-refractivity contribution >= 4 is 62.8 Å². The highest BCUT2D eigenvalue weighted by atomic mass is 35.5. The first-order valence-electron chi connectivity index (χ1n) is 20.3. The van der Waals surface area contributed by atoms with Crippen LogP contribution in [0.1, 0.15) is 77.6 Å². The maximum atomic E-state index is 13.3. The van der Waals surface area contributed by atoms with Gasteiger partial charge in [-0.15, -0.1) is 0 Å². The highest BCUT2D eigenvalue weighted by Gasteiger charge is 2.45. The number of carbonyl (C=O) groups is 4. The second kappa shape index (κ2) is 17.1. The van der Waals surface area contributed by atoms with Crippen LogP contribution in [0.4, 0.5) is 11.4 Å². The fourth-order valence-electron chi connectivity index (χ4n) is 8.85. The lowest BCUT2D eigenvalue weighted by Gasteiger charge is -2.40. The van der Waals surface area contributed by atoms with Crippen LogP contribution in [0.2, 0.25) is 5.02 Å². The van der Waals surface area contributed by atoms with Gasteiger partial charge in [0.15, 0.2) is 0 Å². The van der Waals surface area contributed by atoms with E-state index in [1.165, 1.54) is 0 Å². The molecule has 1 atom stereocenters. The van der Waals surface area contributed by atoms with Gasteiger partial charge >= 0.3 is 0 Å². The number of benzene rings is 3. The number of halogens is 1. The predicted octanol–water partition coefficient (Wildman–Crippen LogP) is 5.05. The van der Waals surface area contributed by atoms with Gasteiger partial charge in [0.25, 0.3) is 21.8 Å². The van der Waals surface area contributed by atoms with E-state index in [2.05, 4.69) is 24.4 Å². The Bertz CT molecular complexity index is 2310. The summed E-state index contributed by atoms with van der Waals surface area (Å²) in [6, 6.07) is 18.4. The molecule has 1 unspecified atom stereocenters. The van der Waals surface area contributed by atoms with Crippen molar-refractivity contribution in [2.75, 3.05) is 55.6 Å². The quantitative estimate of drug-likeness (QED) is 0.214. The number of anilines is 2. The number of carbonyl (C=O) groups excluding carboxylic acids is 4. The zero-order chi connectivity index (χ0) is 41.3. The van der Waals surface area contributed by atoms with Gasteiger partial charge in [-0.05, 0) is 111 Å². The SMILES string of the molecule is N#Cc1ccc(OC2CCC(C=NS(=O)(=O)c3ccc(N4CCN(CC5CCN(c6ccc7c(c6)C(=O)N(C6CCC(=O)NC6=O)C7=O)CC5)CC4)cc3)CC2)cc1Cl. The average molecular weight is 840 g/mol. The predicted molar refractivity (Wildman–Crippen MR) is 221 cm³/mol. The zero-order valence-corrected chi connectivity index (χ0v) is 34.2. The van der Waals surface area contributed by atoms with Gasteiger partial charge in [-0.25, -0.2) is 0 Å². The van der Waals surface area contributed by atoms with Crippen molar-refractivity contribution in [2.45, 2.75) is 68.4 Å². The summed E-state index contributed by atoms with van der Waals surface area (Å²) in [5.74, 6) is -0.814. The second-order valence-electron chi connectivity index (χ2n) is 16.0. The Morgan fingerprint density at radius 2 is 1.47 bits per heavy atom. The molecule has 3 saturated heterocycles. The summed E-state index contributed by atoms with van der Waals surface area (Å²) in [6.07, 6.45) is 6.81. The molecule has 3 aromatic rings. The first kappa shape index (κ1) is 40.5. The number of hydrogen-bond donors (Lipinski definition) is 1. The van der Waals surface area contributed by atoms with E-state index in [4.69, 9.17) is 21.6 Å². The van der Waals surface area contributed by atoms with E-state index < -0.39 is 39.7 Å². The van der Waals surface area contributed by atoms with Gasteiger partial charge in [0.05, 0.1) is 32.7 Å². The molecule has 3 aromatic carbocycles. The third-order valence-corrected chi connectivity index (χ3v) is 13.9. The van der Waals surface area contributed by atoms with Crippen LogP contribution in [0.5, 0.6) is 5.75 Å². The molecule has 0 aromatic heterocycles. The van der Waals surface area contributed by atoms with Gasteiger partial charge < -0.3 is 14.5 Å². The Morgan fingerprint density at radius 3 is 2.15 bits per heavy atom. The van der Waals surface area contributed by atoms with Crippen molar-refractivity contribution in [3.8, 4) is 11.8 Å². The molecule has 59 heavy (non-hydrogen) atoms. The Kier molecular flexibility index (Phi) is 11.7. The second-order valence-corrected chi connectivity index (χ2v) is 18.1. The van der Waals surface area contributed by atoms with E-state index in [0.29, 0.717) is 27.8 Å². The minimum Gasteiger partial charge on any atom is -0.490 e. The Morgan fingerprint density at radius 1 is 0.797 bits per heavy atom. The molecular formula is C43H46ClN7O7S. The smallest absolute Gasteiger partial charge is 0.281 e. The topological polar surface area (TPSA) is 173 Å². The molecule has 4 heterocycles. The lowest BCUT2D eigenvalue weighted by Crippen LogP contribution is -2.54. The van der Waals surface area contributed by atoms with E-state index in [-0.39, 0.29) is 35.3 Å². The zero-order valence-electron chi connectivity index (χ0n) is 32.6. The summed E-state index contributed by atoms with van der Waals surface area (Å²) in [6.45, 7) is 6.14. The molecule has 1 saturated carbocycles. The number of fused-ring (bicyclic) bond motifs is 1. The molecule has 1 N–H and O–H groups in total. The van der Waals surface area contributed by atoms with Gasteiger partial charge in [-0.3, -0.25) is 34.3 Å². The van der Waals surface area contributed by atoms with Crippen molar-refractivity contribution in [2.24, 2.45) is 16.2 Å². The average Bonchev–Trinajstić information content (AvgIpc) is 3.49. The number of nitrogens with one attached hydrogen (secondary N) is 1. The van der Waals surface area contributed by atoms with Crippen LogP contribution >= 0.6 is 11.6 Å². The minimum atomic E-state index is -3.83. The summed E-state index contributed by atoms with van der Waals surface area (Å²) in [5.41, 5.74) is 2.85. The van der Waals surface area contributed by atoms with Crippen LogP contribution in [0.15, 0.2) is 70.0 Å². The van der Waals surface area contributed by atoms with Gasteiger partial charge in [-0.1, -0.05) is 11.6 Å². The van der Waals surface area contributed by atoms with E-state index in [9.17, 15) is 27.6 Å². The van der Waals surface area contributed by atoms with Crippen molar-refractivity contribution in [1.82, 2.24) is 15.1 Å². The fourth-order valence-corrected chi connectivity index (χ4v) is 9.99. The van der Waals surface area contributed by atoms with Crippen LogP contribution in [-0.4, -0.2) is 106 Å². The van der Waals surface area contributed by atoms with Crippen molar-refractivity contribution < 1.29 is 32.3 Å². The number of hydrogen-bond acceptors (Lipinski definition) is 11. The molecule has 8 rings (SSSR count). The number of sulfonamides is 1. The number of piperazine rings is 1. The van der Waals surface area contributed by atoms with Crippen LogP contribution in [0.3, 0.4) is 0 Å². The highest BCUT2D eigenvalue weighted by molar-refractivity contribution is 7.90. The van der Waals surface area contributed by atoms with Crippen LogP contribution in [0.25, 0.3) is 0 Å². The summed E-state index contributed by atoms with van der Waals surface area (Å²) in [7, 11) is -3.83.